The fourth-order valence-electron chi connectivity index (χ4n) is 3.54. The summed E-state index contributed by atoms with van der Waals surface area (Å²) in [7, 11) is 2.02. The van der Waals surface area contributed by atoms with E-state index in [-0.39, 0.29) is 0 Å². The van der Waals surface area contributed by atoms with E-state index in [0.717, 1.165) is 38.3 Å². The van der Waals surface area contributed by atoms with Crippen molar-refractivity contribution >= 4 is 5.91 Å². The molecule has 2 atom stereocenters. The number of amides is 1. The van der Waals surface area contributed by atoms with E-state index < -0.39 is 0 Å². The smallest absolute Gasteiger partial charge is 0.222 e. The highest BCUT2D eigenvalue weighted by atomic mass is 16.2. The Bertz CT molecular complexity index is 272. The van der Waals surface area contributed by atoms with Crippen molar-refractivity contribution in [2.75, 3.05) is 20.1 Å². The van der Waals surface area contributed by atoms with Crippen molar-refractivity contribution in [2.45, 2.75) is 57.9 Å². The van der Waals surface area contributed by atoms with E-state index in [0.29, 0.717) is 17.9 Å². The van der Waals surface area contributed by atoms with Crippen LogP contribution >= 0.6 is 0 Å². The van der Waals surface area contributed by atoms with Gasteiger partial charge in [-0.25, -0.2) is 0 Å². The van der Waals surface area contributed by atoms with Gasteiger partial charge in [-0.2, -0.15) is 0 Å². The Hall–Kier alpha value is -0.570. The maximum Gasteiger partial charge on any atom is 0.222 e. The Balaban J connectivity index is 1.74. The van der Waals surface area contributed by atoms with Crippen LogP contribution in [0.25, 0.3) is 0 Å². The summed E-state index contributed by atoms with van der Waals surface area (Å²) in [5.41, 5.74) is 0. The summed E-state index contributed by atoms with van der Waals surface area (Å²) in [6, 6.07) is 0.615. The molecule has 1 heterocycles. The predicted octanol–water partition coefficient (Wildman–Crippen LogP) is 2.41. The molecular weight excluding hydrogens is 224 g/mol. The van der Waals surface area contributed by atoms with Crippen LogP contribution in [0.15, 0.2) is 0 Å². The molecule has 104 valence electrons. The molecule has 2 unspecified atom stereocenters. The minimum atomic E-state index is 0.406. The van der Waals surface area contributed by atoms with Gasteiger partial charge in [0.1, 0.15) is 0 Å². The molecule has 0 aromatic heterocycles. The minimum absolute atomic E-state index is 0.406. The lowest BCUT2D eigenvalue weighted by Crippen LogP contribution is -2.44. The summed E-state index contributed by atoms with van der Waals surface area (Å²) in [6.45, 7) is 4.23. The van der Waals surface area contributed by atoms with Crippen LogP contribution in [0, 0.1) is 11.8 Å². The fourth-order valence-corrected chi connectivity index (χ4v) is 3.54. The van der Waals surface area contributed by atoms with Crippen LogP contribution in [0.1, 0.15) is 51.9 Å². The number of hydrogen-bond donors (Lipinski definition) is 1. The van der Waals surface area contributed by atoms with Crippen molar-refractivity contribution in [1.82, 2.24) is 10.2 Å². The summed E-state index contributed by atoms with van der Waals surface area (Å²) in [5.74, 6) is 1.89. The first-order valence-electron chi connectivity index (χ1n) is 7.64. The monoisotopic (exact) mass is 252 g/mol. The third-order valence-electron chi connectivity index (χ3n) is 4.76. The maximum absolute atomic E-state index is 12.3. The largest absolute Gasteiger partial charge is 0.343 e. The molecule has 0 bridgehead atoms. The fraction of sp³-hybridized carbons (Fsp3) is 0.933. The van der Waals surface area contributed by atoms with E-state index in [2.05, 4.69) is 17.1 Å². The normalized spacial score (nSPS) is 30.4. The van der Waals surface area contributed by atoms with Gasteiger partial charge in [0.2, 0.25) is 5.91 Å². The van der Waals surface area contributed by atoms with Gasteiger partial charge in [0.15, 0.2) is 0 Å². The zero-order valence-electron chi connectivity index (χ0n) is 12.0. The number of likely N-dealkylation sites (tertiary alicyclic amines) is 1. The second-order valence-corrected chi connectivity index (χ2v) is 6.29. The van der Waals surface area contributed by atoms with Gasteiger partial charge in [0.05, 0.1) is 0 Å². The Labute approximate surface area is 111 Å². The predicted molar refractivity (Wildman–Crippen MR) is 74.4 cm³/mol. The molecule has 2 fully saturated rings. The Morgan fingerprint density at radius 2 is 1.94 bits per heavy atom. The molecular formula is C15H28N2O. The molecule has 2 aliphatic rings. The highest BCUT2D eigenvalue weighted by Crippen LogP contribution is 2.31. The van der Waals surface area contributed by atoms with Crippen LogP contribution in [0.2, 0.25) is 0 Å². The lowest BCUT2D eigenvalue weighted by atomic mass is 9.80. The van der Waals surface area contributed by atoms with E-state index >= 15 is 0 Å². The minimum Gasteiger partial charge on any atom is -0.343 e. The summed E-state index contributed by atoms with van der Waals surface area (Å²) < 4.78 is 0. The van der Waals surface area contributed by atoms with Gasteiger partial charge >= 0.3 is 0 Å². The number of piperidine rings is 1. The molecule has 0 aromatic rings. The van der Waals surface area contributed by atoms with Crippen molar-refractivity contribution in [2.24, 2.45) is 11.8 Å². The van der Waals surface area contributed by atoms with Crippen LogP contribution in [-0.4, -0.2) is 37.0 Å². The molecule has 0 radical (unpaired) electrons. The van der Waals surface area contributed by atoms with Crippen molar-refractivity contribution in [3.63, 3.8) is 0 Å². The van der Waals surface area contributed by atoms with Crippen LogP contribution in [0.3, 0.4) is 0 Å². The van der Waals surface area contributed by atoms with E-state index in [4.69, 9.17) is 0 Å². The third-order valence-corrected chi connectivity index (χ3v) is 4.76. The van der Waals surface area contributed by atoms with Gasteiger partial charge in [0.25, 0.3) is 0 Å². The van der Waals surface area contributed by atoms with Gasteiger partial charge in [-0.3, -0.25) is 4.79 Å². The zero-order chi connectivity index (χ0) is 13.0. The van der Waals surface area contributed by atoms with Crippen LogP contribution < -0.4 is 5.32 Å². The number of nitrogens with one attached hydrogen (secondary N) is 1. The average molecular weight is 252 g/mol. The highest BCUT2D eigenvalue weighted by Gasteiger charge is 2.26. The molecule has 3 heteroatoms. The van der Waals surface area contributed by atoms with Gasteiger partial charge in [0, 0.05) is 25.6 Å². The average Bonchev–Trinajstić information content (AvgIpc) is 2.39. The number of nitrogens with zero attached hydrogens (tertiary/aromatic N) is 1. The van der Waals surface area contributed by atoms with Crippen molar-refractivity contribution < 1.29 is 4.79 Å². The van der Waals surface area contributed by atoms with Crippen LogP contribution in [-0.2, 0) is 4.79 Å². The lowest BCUT2D eigenvalue weighted by molar-refractivity contribution is -0.133. The summed E-state index contributed by atoms with van der Waals surface area (Å²) in [6.07, 6.45) is 8.24. The molecule has 1 saturated carbocycles. The van der Waals surface area contributed by atoms with Gasteiger partial charge < -0.3 is 10.2 Å². The van der Waals surface area contributed by atoms with E-state index in [1.54, 1.807) is 0 Å². The SMILES string of the molecule is CNC1CCN(C(=O)CC2CCCC(C)C2)CC1. The Kier molecular flexibility index (Phi) is 5.04. The molecule has 1 amide bonds. The quantitative estimate of drug-likeness (QED) is 0.836. The first-order valence-corrected chi connectivity index (χ1v) is 7.64. The number of rotatable bonds is 3. The second-order valence-electron chi connectivity index (χ2n) is 6.29. The topological polar surface area (TPSA) is 32.3 Å². The lowest BCUT2D eigenvalue weighted by Gasteiger charge is -2.34. The van der Waals surface area contributed by atoms with Crippen molar-refractivity contribution in [1.29, 1.82) is 0 Å². The number of carbonyl (C=O) groups is 1. The molecule has 0 spiro atoms. The molecule has 1 saturated heterocycles. The van der Waals surface area contributed by atoms with Crippen molar-refractivity contribution in [3.05, 3.63) is 0 Å². The third kappa shape index (κ3) is 3.71. The van der Waals surface area contributed by atoms with E-state index in [9.17, 15) is 4.79 Å². The van der Waals surface area contributed by atoms with E-state index in [1.165, 1.54) is 25.7 Å². The molecule has 1 aliphatic heterocycles. The highest BCUT2D eigenvalue weighted by molar-refractivity contribution is 5.76. The molecule has 3 nitrogen and oxygen atoms in total. The molecule has 1 N–H and O–H groups in total. The maximum atomic E-state index is 12.3. The van der Waals surface area contributed by atoms with Gasteiger partial charge in [-0.05, 0) is 44.6 Å². The molecule has 2 rings (SSSR count). The molecule has 18 heavy (non-hydrogen) atoms. The van der Waals surface area contributed by atoms with E-state index in [1.807, 2.05) is 7.05 Å². The second kappa shape index (κ2) is 6.55. The van der Waals surface area contributed by atoms with Crippen LogP contribution in [0.4, 0.5) is 0 Å². The van der Waals surface area contributed by atoms with Crippen LogP contribution in [0.5, 0.6) is 0 Å². The van der Waals surface area contributed by atoms with Crippen molar-refractivity contribution in [3.8, 4) is 0 Å². The van der Waals surface area contributed by atoms with Gasteiger partial charge in [-0.1, -0.05) is 19.8 Å². The summed E-state index contributed by atoms with van der Waals surface area (Å²) in [5, 5.41) is 3.31. The first kappa shape index (κ1) is 13.9. The Morgan fingerprint density at radius 1 is 1.22 bits per heavy atom. The zero-order valence-corrected chi connectivity index (χ0v) is 12.0. The molecule has 1 aliphatic carbocycles. The van der Waals surface area contributed by atoms with Gasteiger partial charge in [-0.15, -0.1) is 0 Å². The summed E-state index contributed by atoms with van der Waals surface area (Å²) in [4.78, 5) is 14.4. The standard InChI is InChI=1S/C15H28N2O/c1-12-4-3-5-13(10-12)11-15(18)17-8-6-14(16-2)7-9-17/h12-14,16H,3-11H2,1-2H3. The number of carbonyl (C=O) groups excluding carboxylic acids is 1. The first-order chi connectivity index (χ1) is 8.69. The summed E-state index contributed by atoms with van der Waals surface area (Å²) >= 11 is 0. The number of hydrogen-bond acceptors (Lipinski definition) is 2. The Morgan fingerprint density at radius 3 is 2.56 bits per heavy atom. The molecule has 0 aromatic carbocycles.